The van der Waals surface area contributed by atoms with Gasteiger partial charge in [0.05, 0.1) is 13.2 Å². The van der Waals surface area contributed by atoms with Crippen molar-refractivity contribution < 1.29 is 19.1 Å². The summed E-state index contributed by atoms with van der Waals surface area (Å²) in [5.41, 5.74) is 0. The average molecular weight is 513 g/mol. The number of esters is 2. The Kier molecular flexibility index (Phi) is 35.0. The summed E-state index contributed by atoms with van der Waals surface area (Å²) in [6, 6.07) is 0. The molecule has 0 aliphatic heterocycles. The van der Waals surface area contributed by atoms with Gasteiger partial charge in [-0.05, 0) is 25.7 Å². The molecule has 0 N–H and O–H groups in total. The van der Waals surface area contributed by atoms with Crippen LogP contribution in [-0.2, 0) is 19.1 Å². The summed E-state index contributed by atoms with van der Waals surface area (Å²) in [6.07, 6.45) is 27.8. The third kappa shape index (κ3) is 35.1. The summed E-state index contributed by atoms with van der Waals surface area (Å²) in [5, 5.41) is 0. The van der Waals surface area contributed by atoms with Crippen molar-refractivity contribution in [3.8, 4) is 0 Å². The Morgan fingerprint density at radius 1 is 0.361 bits per heavy atom. The quantitative estimate of drug-likeness (QED) is 0.0854. The van der Waals surface area contributed by atoms with E-state index in [1.165, 1.54) is 103 Å². The van der Waals surface area contributed by atoms with Gasteiger partial charge in [0.1, 0.15) is 0 Å². The van der Waals surface area contributed by atoms with E-state index in [4.69, 9.17) is 9.47 Å². The third-order valence-electron chi connectivity index (χ3n) is 6.53. The molecule has 0 heterocycles. The standard InChI is InChI=1S/C28H54O4.C4H10/c1-3-5-7-9-11-13-15-17-19-23-27(29)31-25-21-22-26-32-28(30)24-20-18-16-14-12-10-8-6-4-2;1-3-4-2/h3-26H2,1-2H3;3-4H2,1-2H3. The molecular weight excluding hydrogens is 448 g/mol. The van der Waals surface area contributed by atoms with Crippen molar-refractivity contribution in [3.63, 3.8) is 0 Å². The normalized spacial score (nSPS) is 10.6. The highest BCUT2D eigenvalue weighted by Crippen LogP contribution is 2.12. The summed E-state index contributed by atoms with van der Waals surface area (Å²) in [6.45, 7) is 9.72. The van der Waals surface area contributed by atoms with Crippen LogP contribution in [0.25, 0.3) is 0 Å². The van der Waals surface area contributed by atoms with Crippen molar-refractivity contribution in [1.29, 1.82) is 0 Å². The van der Waals surface area contributed by atoms with Crippen molar-refractivity contribution in [3.05, 3.63) is 0 Å². The van der Waals surface area contributed by atoms with Gasteiger partial charge in [-0.15, -0.1) is 0 Å². The molecule has 0 aromatic rings. The molecule has 0 spiro atoms. The van der Waals surface area contributed by atoms with Gasteiger partial charge in [-0.25, -0.2) is 0 Å². The number of rotatable bonds is 26. The van der Waals surface area contributed by atoms with E-state index in [2.05, 4.69) is 27.7 Å². The van der Waals surface area contributed by atoms with Crippen LogP contribution in [0.2, 0.25) is 0 Å². The first kappa shape index (κ1) is 37.1. The van der Waals surface area contributed by atoms with Crippen molar-refractivity contribution in [1.82, 2.24) is 0 Å². The van der Waals surface area contributed by atoms with E-state index in [1.54, 1.807) is 0 Å². The van der Waals surface area contributed by atoms with E-state index in [-0.39, 0.29) is 11.9 Å². The van der Waals surface area contributed by atoms with E-state index in [0.29, 0.717) is 26.1 Å². The van der Waals surface area contributed by atoms with Crippen LogP contribution >= 0.6 is 0 Å². The number of ether oxygens (including phenoxy) is 2. The van der Waals surface area contributed by atoms with Gasteiger partial charge < -0.3 is 9.47 Å². The molecule has 36 heavy (non-hydrogen) atoms. The fraction of sp³-hybridized carbons (Fsp3) is 0.938. The molecule has 4 nitrogen and oxygen atoms in total. The van der Waals surface area contributed by atoms with Gasteiger partial charge in [-0.3, -0.25) is 9.59 Å². The minimum absolute atomic E-state index is 0.0877. The third-order valence-corrected chi connectivity index (χ3v) is 6.53. The van der Waals surface area contributed by atoms with Crippen molar-refractivity contribution >= 4 is 11.9 Å². The maximum Gasteiger partial charge on any atom is 0.305 e. The fourth-order valence-electron chi connectivity index (χ4n) is 3.88. The maximum atomic E-state index is 11.7. The molecule has 0 aromatic carbocycles. The molecule has 0 saturated heterocycles. The van der Waals surface area contributed by atoms with Crippen LogP contribution in [-0.4, -0.2) is 25.2 Å². The van der Waals surface area contributed by atoms with Gasteiger partial charge in [0.2, 0.25) is 0 Å². The zero-order chi connectivity index (χ0) is 27.0. The van der Waals surface area contributed by atoms with Crippen molar-refractivity contribution in [2.24, 2.45) is 0 Å². The number of unbranched alkanes of at least 4 members (excludes halogenated alkanes) is 18. The maximum absolute atomic E-state index is 11.7. The Morgan fingerprint density at radius 2 is 0.639 bits per heavy atom. The van der Waals surface area contributed by atoms with Gasteiger partial charge in [-0.1, -0.05) is 143 Å². The number of hydrogen-bond acceptors (Lipinski definition) is 4. The highest BCUT2D eigenvalue weighted by molar-refractivity contribution is 5.69. The van der Waals surface area contributed by atoms with Crippen LogP contribution in [0.5, 0.6) is 0 Å². The molecule has 0 rings (SSSR count). The molecule has 0 atom stereocenters. The molecule has 0 bridgehead atoms. The van der Waals surface area contributed by atoms with E-state index in [1.807, 2.05) is 0 Å². The summed E-state index contributed by atoms with van der Waals surface area (Å²) < 4.78 is 10.5. The van der Waals surface area contributed by atoms with Crippen molar-refractivity contribution in [2.45, 2.75) is 182 Å². The van der Waals surface area contributed by atoms with E-state index >= 15 is 0 Å². The lowest BCUT2D eigenvalue weighted by atomic mass is 10.1. The van der Waals surface area contributed by atoms with Crippen LogP contribution < -0.4 is 0 Å². The van der Waals surface area contributed by atoms with Crippen LogP contribution in [0.4, 0.5) is 0 Å². The van der Waals surface area contributed by atoms with E-state index in [9.17, 15) is 9.59 Å². The predicted molar refractivity (Wildman–Crippen MR) is 155 cm³/mol. The first-order valence-electron chi connectivity index (χ1n) is 15.9. The Balaban J connectivity index is 0. The van der Waals surface area contributed by atoms with Crippen LogP contribution in [0, 0.1) is 0 Å². The Hall–Kier alpha value is -1.06. The highest BCUT2D eigenvalue weighted by atomic mass is 16.5. The monoisotopic (exact) mass is 512 g/mol. The molecule has 0 aliphatic rings. The van der Waals surface area contributed by atoms with Gasteiger partial charge in [0.15, 0.2) is 0 Å². The number of carbonyl (C=O) groups is 2. The molecule has 0 aromatic heterocycles. The summed E-state index contributed by atoms with van der Waals surface area (Å²) in [7, 11) is 0. The Labute approximate surface area is 226 Å². The smallest absolute Gasteiger partial charge is 0.305 e. The van der Waals surface area contributed by atoms with Crippen LogP contribution in [0.3, 0.4) is 0 Å². The molecule has 4 heteroatoms. The second kappa shape index (κ2) is 33.9. The van der Waals surface area contributed by atoms with Gasteiger partial charge in [0.25, 0.3) is 0 Å². The lowest BCUT2D eigenvalue weighted by Crippen LogP contribution is -2.08. The topological polar surface area (TPSA) is 52.6 Å². The summed E-state index contributed by atoms with van der Waals surface area (Å²) in [5.74, 6) is -0.175. The molecular formula is C32H64O4. The number of carbonyl (C=O) groups excluding carboxylic acids is 2. The Bertz CT molecular complexity index is 396. The molecule has 216 valence electrons. The van der Waals surface area contributed by atoms with E-state index in [0.717, 1.165) is 38.5 Å². The zero-order valence-electron chi connectivity index (χ0n) is 25.0. The summed E-state index contributed by atoms with van der Waals surface area (Å²) >= 11 is 0. The molecule has 0 amide bonds. The summed E-state index contributed by atoms with van der Waals surface area (Å²) in [4.78, 5) is 23.5. The SMILES string of the molecule is CCCC.CCCCCCCCCCCC(=O)OCCCCOC(=O)CCCCCCCCCCC. The highest BCUT2D eigenvalue weighted by Gasteiger charge is 2.05. The average Bonchev–Trinajstić information content (AvgIpc) is 2.88. The van der Waals surface area contributed by atoms with Crippen LogP contribution in [0.15, 0.2) is 0 Å². The van der Waals surface area contributed by atoms with Gasteiger partial charge in [-0.2, -0.15) is 0 Å². The fourth-order valence-corrected chi connectivity index (χ4v) is 3.88. The Morgan fingerprint density at radius 3 is 0.917 bits per heavy atom. The van der Waals surface area contributed by atoms with Crippen molar-refractivity contribution in [2.75, 3.05) is 13.2 Å². The molecule has 0 aliphatic carbocycles. The second-order valence-electron chi connectivity index (χ2n) is 10.3. The lowest BCUT2D eigenvalue weighted by molar-refractivity contribution is -0.146. The lowest BCUT2D eigenvalue weighted by Gasteiger charge is -2.07. The van der Waals surface area contributed by atoms with Gasteiger partial charge >= 0.3 is 11.9 Å². The largest absolute Gasteiger partial charge is 0.466 e. The first-order valence-corrected chi connectivity index (χ1v) is 15.9. The number of hydrogen-bond donors (Lipinski definition) is 0. The zero-order valence-corrected chi connectivity index (χ0v) is 25.0. The second-order valence-corrected chi connectivity index (χ2v) is 10.3. The van der Waals surface area contributed by atoms with Gasteiger partial charge in [0, 0.05) is 12.8 Å². The first-order chi connectivity index (χ1) is 17.6. The molecule has 0 fully saturated rings. The minimum atomic E-state index is -0.0877. The minimum Gasteiger partial charge on any atom is -0.466 e. The van der Waals surface area contributed by atoms with Crippen LogP contribution in [0.1, 0.15) is 182 Å². The molecule has 0 radical (unpaired) electrons. The molecule has 0 saturated carbocycles. The predicted octanol–water partition coefficient (Wildman–Crippen LogP) is 10.5. The molecule has 0 unspecified atom stereocenters. The van der Waals surface area contributed by atoms with E-state index < -0.39 is 0 Å².